The van der Waals surface area contributed by atoms with Crippen LogP contribution in [0.1, 0.15) is 39.2 Å². The first-order valence-electron chi connectivity index (χ1n) is 6.98. The maximum absolute atomic E-state index is 11.8. The van der Waals surface area contributed by atoms with Crippen LogP contribution in [0.15, 0.2) is 24.3 Å². The van der Waals surface area contributed by atoms with Gasteiger partial charge in [0.1, 0.15) is 0 Å². The van der Waals surface area contributed by atoms with Crippen LogP contribution in [0, 0.1) is 5.41 Å². The highest BCUT2D eigenvalue weighted by molar-refractivity contribution is 6.30. The molecule has 4 heteroatoms. The third kappa shape index (κ3) is 6.92. The number of carbonyl (C=O) groups is 1. The highest BCUT2D eigenvalue weighted by Gasteiger charge is 2.20. The molecule has 1 aromatic carbocycles. The van der Waals surface area contributed by atoms with E-state index in [2.05, 4.69) is 5.32 Å². The van der Waals surface area contributed by atoms with Gasteiger partial charge in [-0.25, -0.2) is 0 Å². The number of aliphatic hydroxyl groups excluding tert-OH is 1. The molecule has 1 atom stereocenters. The molecule has 1 unspecified atom stereocenters. The van der Waals surface area contributed by atoms with E-state index >= 15 is 0 Å². The van der Waals surface area contributed by atoms with Gasteiger partial charge in [0.2, 0.25) is 5.91 Å². The molecule has 20 heavy (non-hydrogen) atoms. The zero-order valence-corrected chi connectivity index (χ0v) is 13.2. The Bertz CT molecular complexity index is 444. The lowest BCUT2D eigenvalue weighted by Gasteiger charge is -2.26. The number of hydrogen-bond donors (Lipinski definition) is 2. The summed E-state index contributed by atoms with van der Waals surface area (Å²) in [5.74, 6) is 0.0312. The van der Waals surface area contributed by atoms with Crippen molar-refractivity contribution in [1.29, 1.82) is 0 Å². The molecule has 0 heterocycles. The van der Waals surface area contributed by atoms with Crippen molar-refractivity contribution in [2.45, 2.75) is 46.1 Å². The molecule has 3 nitrogen and oxygen atoms in total. The maximum atomic E-state index is 11.8. The Balaban J connectivity index is 2.34. The Kier molecular flexibility index (Phi) is 6.50. The SMILES string of the molecule is CC(O)CC(C)(C)CNC(=O)CCc1cccc(Cl)c1. The quantitative estimate of drug-likeness (QED) is 0.812. The second-order valence-electron chi connectivity index (χ2n) is 6.12. The third-order valence-electron chi connectivity index (χ3n) is 3.14. The van der Waals surface area contributed by atoms with E-state index in [1.807, 2.05) is 38.1 Å². The van der Waals surface area contributed by atoms with Crippen molar-refractivity contribution in [3.8, 4) is 0 Å². The molecule has 0 aliphatic heterocycles. The monoisotopic (exact) mass is 297 g/mol. The average molecular weight is 298 g/mol. The summed E-state index contributed by atoms with van der Waals surface area (Å²) in [6.07, 6.45) is 1.45. The smallest absolute Gasteiger partial charge is 0.220 e. The fraction of sp³-hybridized carbons (Fsp3) is 0.562. The normalized spacial score (nSPS) is 13.1. The van der Waals surface area contributed by atoms with Gasteiger partial charge < -0.3 is 10.4 Å². The summed E-state index contributed by atoms with van der Waals surface area (Å²) in [6, 6.07) is 7.56. The summed E-state index contributed by atoms with van der Waals surface area (Å²) in [5.41, 5.74) is 0.968. The van der Waals surface area contributed by atoms with Crippen LogP contribution in [0.2, 0.25) is 5.02 Å². The second-order valence-corrected chi connectivity index (χ2v) is 6.56. The van der Waals surface area contributed by atoms with Crippen molar-refractivity contribution < 1.29 is 9.90 Å². The fourth-order valence-corrected chi connectivity index (χ4v) is 2.46. The van der Waals surface area contributed by atoms with Crippen LogP contribution in [-0.2, 0) is 11.2 Å². The lowest BCUT2D eigenvalue weighted by Crippen LogP contribution is -2.35. The number of hydrogen-bond acceptors (Lipinski definition) is 2. The molecule has 0 aliphatic rings. The van der Waals surface area contributed by atoms with E-state index in [-0.39, 0.29) is 17.4 Å². The van der Waals surface area contributed by atoms with Gasteiger partial charge in [0.05, 0.1) is 6.10 Å². The number of benzene rings is 1. The van der Waals surface area contributed by atoms with Crippen molar-refractivity contribution in [3.05, 3.63) is 34.9 Å². The van der Waals surface area contributed by atoms with E-state index < -0.39 is 0 Å². The minimum atomic E-state index is -0.353. The molecular formula is C16H24ClNO2. The largest absolute Gasteiger partial charge is 0.393 e. The van der Waals surface area contributed by atoms with Crippen molar-refractivity contribution in [3.63, 3.8) is 0 Å². The average Bonchev–Trinajstić information content (AvgIpc) is 2.32. The third-order valence-corrected chi connectivity index (χ3v) is 3.38. The van der Waals surface area contributed by atoms with Gasteiger partial charge in [-0.3, -0.25) is 4.79 Å². The minimum Gasteiger partial charge on any atom is -0.393 e. The molecule has 0 aliphatic carbocycles. The Morgan fingerprint density at radius 3 is 2.75 bits per heavy atom. The van der Waals surface area contributed by atoms with E-state index in [4.69, 9.17) is 11.6 Å². The van der Waals surface area contributed by atoms with E-state index in [9.17, 15) is 9.90 Å². The number of carbonyl (C=O) groups excluding carboxylic acids is 1. The zero-order chi connectivity index (χ0) is 15.2. The number of aliphatic hydroxyl groups is 1. The van der Waals surface area contributed by atoms with Gasteiger partial charge >= 0.3 is 0 Å². The van der Waals surface area contributed by atoms with Gasteiger partial charge in [-0.2, -0.15) is 0 Å². The van der Waals surface area contributed by atoms with Crippen LogP contribution < -0.4 is 5.32 Å². The van der Waals surface area contributed by atoms with Crippen LogP contribution in [0.4, 0.5) is 0 Å². The zero-order valence-electron chi connectivity index (χ0n) is 12.4. The molecule has 1 aromatic rings. The van der Waals surface area contributed by atoms with Gasteiger partial charge in [-0.05, 0) is 42.9 Å². The number of nitrogens with one attached hydrogen (secondary N) is 1. The number of aryl methyl sites for hydroxylation is 1. The molecule has 0 bridgehead atoms. The Morgan fingerprint density at radius 1 is 1.45 bits per heavy atom. The van der Waals surface area contributed by atoms with Crippen LogP contribution in [0.25, 0.3) is 0 Å². The standard InChI is InChI=1S/C16H24ClNO2/c1-12(19)10-16(2,3)11-18-15(20)8-7-13-5-4-6-14(17)9-13/h4-6,9,12,19H,7-8,10-11H2,1-3H3,(H,18,20). The van der Waals surface area contributed by atoms with E-state index in [1.165, 1.54) is 0 Å². The molecule has 2 N–H and O–H groups in total. The first-order chi connectivity index (χ1) is 9.28. The molecule has 0 saturated carbocycles. The van der Waals surface area contributed by atoms with Crippen LogP contribution in [0.3, 0.4) is 0 Å². The van der Waals surface area contributed by atoms with Gasteiger partial charge in [-0.15, -0.1) is 0 Å². The first-order valence-corrected chi connectivity index (χ1v) is 7.35. The highest BCUT2D eigenvalue weighted by atomic mass is 35.5. The molecule has 0 saturated heterocycles. The van der Waals surface area contributed by atoms with Gasteiger partial charge in [0, 0.05) is 18.0 Å². The van der Waals surface area contributed by atoms with Crippen molar-refractivity contribution >= 4 is 17.5 Å². The first kappa shape index (κ1) is 17.0. The maximum Gasteiger partial charge on any atom is 0.220 e. The Labute approximate surface area is 126 Å². The molecule has 112 valence electrons. The summed E-state index contributed by atoms with van der Waals surface area (Å²) in [7, 11) is 0. The van der Waals surface area contributed by atoms with E-state index in [0.717, 1.165) is 5.56 Å². The molecular weight excluding hydrogens is 274 g/mol. The summed E-state index contributed by atoms with van der Waals surface area (Å²) in [4.78, 5) is 11.8. The number of halogens is 1. The highest BCUT2D eigenvalue weighted by Crippen LogP contribution is 2.21. The summed E-state index contributed by atoms with van der Waals surface area (Å²) in [6.45, 7) is 6.42. The van der Waals surface area contributed by atoms with Crippen molar-refractivity contribution in [1.82, 2.24) is 5.32 Å². The molecule has 0 radical (unpaired) electrons. The van der Waals surface area contributed by atoms with Crippen LogP contribution in [-0.4, -0.2) is 23.7 Å². The summed E-state index contributed by atoms with van der Waals surface area (Å²) < 4.78 is 0. The van der Waals surface area contributed by atoms with E-state index in [0.29, 0.717) is 30.8 Å². The lowest BCUT2D eigenvalue weighted by molar-refractivity contribution is -0.121. The van der Waals surface area contributed by atoms with Gasteiger partial charge in [-0.1, -0.05) is 37.6 Å². The minimum absolute atomic E-state index is 0.0312. The predicted octanol–water partition coefficient (Wildman–Crippen LogP) is 3.19. The van der Waals surface area contributed by atoms with Crippen LogP contribution >= 0.6 is 11.6 Å². The molecule has 1 amide bonds. The summed E-state index contributed by atoms with van der Waals surface area (Å²) >= 11 is 5.91. The molecule has 0 spiro atoms. The topological polar surface area (TPSA) is 49.3 Å². The van der Waals surface area contributed by atoms with Crippen molar-refractivity contribution in [2.75, 3.05) is 6.54 Å². The second kappa shape index (κ2) is 7.65. The van der Waals surface area contributed by atoms with Crippen LogP contribution in [0.5, 0.6) is 0 Å². The Hall–Kier alpha value is -1.06. The molecule has 0 aromatic heterocycles. The Morgan fingerprint density at radius 2 is 2.15 bits per heavy atom. The van der Waals surface area contributed by atoms with Crippen molar-refractivity contribution in [2.24, 2.45) is 5.41 Å². The molecule has 0 fully saturated rings. The lowest BCUT2D eigenvalue weighted by atomic mass is 9.87. The van der Waals surface area contributed by atoms with E-state index in [1.54, 1.807) is 6.92 Å². The number of rotatable bonds is 7. The number of amides is 1. The van der Waals surface area contributed by atoms with Gasteiger partial charge in [0.15, 0.2) is 0 Å². The van der Waals surface area contributed by atoms with Gasteiger partial charge in [0.25, 0.3) is 0 Å². The molecule has 1 rings (SSSR count). The summed E-state index contributed by atoms with van der Waals surface area (Å²) in [5, 5.41) is 13.0. The fourth-order valence-electron chi connectivity index (χ4n) is 2.25. The predicted molar refractivity (Wildman–Crippen MR) is 82.9 cm³/mol.